The Bertz CT molecular complexity index is 255. The van der Waals surface area contributed by atoms with Crippen LogP contribution in [0.5, 0.6) is 0 Å². The molecule has 0 radical (unpaired) electrons. The Morgan fingerprint density at radius 2 is 2.25 bits per heavy atom. The van der Waals surface area contributed by atoms with Gasteiger partial charge < -0.3 is 5.73 Å². The van der Waals surface area contributed by atoms with Crippen molar-refractivity contribution >= 4 is 17.4 Å². The molecule has 3 nitrogen and oxygen atoms in total. The number of hydrogen-bond donors (Lipinski definition) is 1. The van der Waals surface area contributed by atoms with E-state index < -0.39 is 0 Å². The molecule has 0 aliphatic carbocycles. The van der Waals surface area contributed by atoms with Gasteiger partial charge in [-0.1, -0.05) is 25.4 Å². The van der Waals surface area contributed by atoms with Gasteiger partial charge in [-0.05, 0) is 12.3 Å². The van der Waals surface area contributed by atoms with Crippen LogP contribution in [0.4, 0.5) is 5.82 Å². The predicted molar refractivity (Wildman–Crippen MR) is 50.2 cm³/mol. The van der Waals surface area contributed by atoms with Gasteiger partial charge in [0.15, 0.2) is 0 Å². The van der Waals surface area contributed by atoms with Gasteiger partial charge in [-0.2, -0.15) is 0 Å². The topological polar surface area (TPSA) is 51.8 Å². The summed E-state index contributed by atoms with van der Waals surface area (Å²) in [6.45, 7) is 4.13. The molecule has 1 aromatic heterocycles. The van der Waals surface area contributed by atoms with Crippen molar-refractivity contribution in [3.63, 3.8) is 0 Å². The molecule has 0 aliphatic rings. The lowest BCUT2D eigenvalue weighted by Gasteiger charge is -2.11. The standard InChI is InChI=1S/C8H12ClN3/c1-3-5(2)6-7(9)11-4-12-8(6)10/h4-5H,3H2,1-2H3,(H2,10,11,12). The van der Waals surface area contributed by atoms with Gasteiger partial charge in [-0.3, -0.25) is 0 Å². The molecule has 12 heavy (non-hydrogen) atoms. The van der Waals surface area contributed by atoms with Crippen LogP contribution in [0.2, 0.25) is 5.15 Å². The first kappa shape index (κ1) is 9.26. The van der Waals surface area contributed by atoms with Crippen molar-refractivity contribution in [2.24, 2.45) is 0 Å². The molecule has 1 atom stereocenters. The van der Waals surface area contributed by atoms with E-state index in [4.69, 9.17) is 17.3 Å². The molecule has 0 fully saturated rings. The Morgan fingerprint density at radius 1 is 1.58 bits per heavy atom. The first-order valence-corrected chi connectivity index (χ1v) is 4.30. The molecule has 1 aromatic rings. The zero-order valence-corrected chi connectivity index (χ0v) is 7.97. The minimum absolute atomic E-state index is 0.318. The second-order valence-corrected chi connectivity index (χ2v) is 3.13. The van der Waals surface area contributed by atoms with Crippen molar-refractivity contribution in [3.8, 4) is 0 Å². The van der Waals surface area contributed by atoms with Crippen LogP contribution in [-0.2, 0) is 0 Å². The molecule has 0 spiro atoms. The number of rotatable bonds is 2. The second kappa shape index (κ2) is 3.72. The number of hydrogen-bond acceptors (Lipinski definition) is 3. The summed E-state index contributed by atoms with van der Waals surface area (Å²) in [6, 6.07) is 0. The molecule has 0 saturated carbocycles. The van der Waals surface area contributed by atoms with E-state index in [9.17, 15) is 0 Å². The van der Waals surface area contributed by atoms with Crippen LogP contribution >= 0.6 is 11.6 Å². The molecule has 0 aliphatic heterocycles. The molecule has 0 bridgehead atoms. The Balaban J connectivity index is 3.12. The quantitative estimate of drug-likeness (QED) is 0.719. The lowest BCUT2D eigenvalue weighted by molar-refractivity contribution is 0.728. The van der Waals surface area contributed by atoms with Crippen LogP contribution in [0.3, 0.4) is 0 Å². The Labute approximate surface area is 77.0 Å². The number of halogens is 1. The third-order valence-electron chi connectivity index (χ3n) is 1.97. The normalized spacial score (nSPS) is 12.9. The summed E-state index contributed by atoms with van der Waals surface area (Å²) in [4.78, 5) is 7.77. The number of anilines is 1. The summed E-state index contributed by atoms with van der Waals surface area (Å²) in [5.41, 5.74) is 6.52. The number of nitrogen functional groups attached to an aromatic ring is 1. The van der Waals surface area contributed by atoms with E-state index in [1.807, 2.05) is 0 Å². The van der Waals surface area contributed by atoms with E-state index in [0.29, 0.717) is 16.9 Å². The van der Waals surface area contributed by atoms with Crippen molar-refractivity contribution in [1.29, 1.82) is 0 Å². The van der Waals surface area contributed by atoms with Gasteiger partial charge in [-0.15, -0.1) is 0 Å². The SMILES string of the molecule is CCC(C)c1c(N)ncnc1Cl. The van der Waals surface area contributed by atoms with Gasteiger partial charge in [0.1, 0.15) is 17.3 Å². The fourth-order valence-corrected chi connectivity index (χ4v) is 1.37. The van der Waals surface area contributed by atoms with Gasteiger partial charge in [0, 0.05) is 5.56 Å². The third-order valence-corrected chi connectivity index (χ3v) is 2.27. The zero-order chi connectivity index (χ0) is 9.14. The number of nitrogens with zero attached hydrogens (tertiary/aromatic N) is 2. The highest BCUT2D eigenvalue weighted by molar-refractivity contribution is 6.30. The first-order chi connectivity index (χ1) is 5.66. The van der Waals surface area contributed by atoms with Crippen molar-refractivity contribution in [2.45, 2.75) is 26.2 Å². The molecule has 0 saturated heterocycles. The highest BCUT2D eigenvalue weighted by Crippen LogP contribution is 2.28. The van der Waals surface area contributed by atoms with Gasteiger partial charge in [-0.25, -0.2) is 9.97 Å². The van der Waals surface area contributed by atoms with Gasteiger partial charge in [0.25, 0.3) is 0 Å². The molecule has 66 valence electrons. The van der Waals surface area contributed by atoms with Crippen molar-refractivity contribution < 1.29 is 0 Å². The first-order valence-electron chi connectivity index (χ1n) is 3.92. The molecule has 4 heteroatoms. The van der Waals surface area contributed by atoms with Crippen molar-refractivity contribution in [3.05, 3.63) is 17.0 Å². The Kier molecular flexibility index (Phi) is 2.87. The van der Waals surface area contributed by atoms with Crippen LogP contribution in [0, 0.1) is 0 Å². The number of nitrogens with two attached hydrogens (primary N) is 1. The van der Waals surface area contributed by atoms with Gasteiger partial charge in [0.05, 0.1) is 0 Å². The lowest BCUT2D eigenvalue weighted by atomic mass is 10.0. The smallest absolute Gasteiger partial charge is 0.138 e. The fourth-order valence-electron chi connectivity index (χ4n) is 1.05. The summed E-state index contributed by atoms with van der Waals surface area (Å²) < 4.78 is 0. The van der Waals surface area contributed by atoms with E-state index >= 15 is 0 Å². The summed E-state index contributed by atoms with van der Waals surface area (Å²) in [7, 11) is 0. The van der Waals surface area contributed by atoms with Crippen LogP contribution in [0.1, 0.15) is 31.7 Å². The molecule has 2 N–H and O–H groups in total. The number of aromatic nitrogens is 2. The minimum Gasteiger partial charge on any atom is -0.383 e. The van der Waals surface area contributed by atoms with Crippen LogP contribution in [0.15, 0.2) is 6.33 Å². The summed E-state index contributed by atoms with van der Waals surface area (Å²) >= 11 is 5.87. The highest BCUT2D eigenvalue weighted by Gasteiger charge is 2.12. The van der Waals surface area contributed by atoms with E-state index in [0.717, 1.165) is 12.0 Å². The second-order valence-electron chi connectivity index (χ2n) is 2.77. The van der Waals surface area contributed by atoms with Crippen LogP contribution < -0.4 is 5.73 Å². The van der Waals surface area contributed by atoms with Gasteiger partial charge in [0.2, 0.25) is 0 Å². The van der Waals surface area contributed by atoms with Crippen molar-refractivity contribution in [1.82, 2.24) is 9.97 Å². The summed E-state index contributed by atoms with van der Waals surface area (Å²) in [5.74, 6) is 0.808. The van der Waals surface area contributed by atoms with E-state index in [1.54, 1.807) is 0 Å². The Hall–Kier alpha value is -0.830. The van der Waals surface area contributed by atoms with E-state index in [-0.39, 0.29) is 0 Å². The maximum atomic E-state index is 5.87. The molecule has 1 unspecified atom stereocenters. The maximum Gasteiger partial charge on any atom is 0.138 e. The van der Waals surface area contributed by atoms with Crippen molar-refractivity contribution in [2.75, 3.05) is 5.73 Å². The molecular formula is C8H12ClN3. The average molecular weight is 186 g/mol. The minimum atomic E-state index is 0.318. The predicted octanol–water partition coefficient (Wildman–Crippen LogP) is 2.23. The molecule has 1 heterocycles. The van der Waals surface area contributed by atoms with E-state index in [2.05, 4.69) is 23.8 Å². The third kappa shape index (κ3) is 1.67. The Morgan fingerprint density at radius 3 is 2.75 bits per heavy atom. The molecular weight excluding hydrogens is 174 g/mol. The van der Waals surface area contributed by atoms with Gasteiger partial charge >= 0.3 is 0 Å². The largest absolute Gasteiger partial charge is 0.383 e. The molecule has 0 amide bonds. The van der Waals surface area contributed by atoms with E-state index in [1.165, 1.54) is 6.33 Å². The monoisotopic (exact) mass is 185 g/mol. The highest BCUT2D eigenvalue weighted by atomic mass is 35.5. The van der Waals surface area contributed by atoms with Crippen LogP contribution in [-0.4, -0.2) is 9.97 Å². The fraction of sp³-hybridized carbons (Fsp3) is 0.500. The average Bonchev–Trinajstić information content (AvgIpc) is 2.03. The van der Waals surface area contributed by atoms with Crippen LogP contribution in [0.25, 0.3) is 0 Å². The maximum absolute atomic E-state index is 5.87. The molecule has 0 aromatic carbocycles. The zero-order valence-electron chi connectivity index (χ0n) is 7.21. The lowest BCUT2D eigenvalue weighted by Crippen LogP contribution is -2.03. The summed E-state index contributed by atoms with van der Waals surface area (Å²) in [5, 5.41) is 0.469. The molecule has 1 rings (SSSR count). The summed E-state index contributed by atoms with van der Waals surface area (Å²) in [6.07, 6.45) is 2.36.